The first-order valence-electron chi connectivity index (χ1n) is 6.45. The van der Waals surface area contributed by atoms with Crippen LogP contribution in [-0.2, 0) is 4.79 Å². The van der Waals surface area contributed by atoms with E-state index < -0.39 is 0 Å². The largest absolute Gasteiger partial charge is 0.345 e. The molecular formula is C17H14ClNO2. The molecule has 106 valence electrons. The van der Waals surface area contributed by atoms with Gasteiger partial charge in [0.05, 0.1) is 6.54 Å². The fourth-order valence-electron chi connectivity index (χ4n) is 1.70. The van der Waals surface area contributed by atoms with Crippen LogP contribution >= 0.6 is 11.6 Å². The highest BCUT2D eigenvalue weighted by molar-refractivity contribution is 6.30. The van der Waals surface area contributed by atoms with Crippen LogP contribution in [0.3, 0.4) is 0 Å². The van der Waals surface area contributed by atoms with E-state index in [0.717, 1.165) is 5.56 Å². The molecule has 0 aliphatic rings. The SMILES string of the molecule is O=C(C=Cc1ccc(Cl)cc1)NCC(=O)c1ccccc1. The Bertz CT molecular complexity index is 648. The summed E-state index contributed by atoms with van der Waals surface area (Å²) in [6.45, 7) is -0.0200. The lowest BCUT2D eigenvalue weighted by atomic mass is 10.1. The molecule has 0 fully saturated rings. The van der Waals surface area contributed by atoms with Crippen molar-refractivity contribution in [3.63, 3.8) is 0 Å². The van der Waals surface area contributed by atoms with Crippen LogP contribution in [0.25, 0.3) is 6.08 Å². The van der Waals surface area contributed by atoms with Crippen molar-refractivity contribution in [2.24, 2.45) is 0 Å². The van der Waals surface area contributed by atoms with Crippen LogP contribution in [0.15, 0.2) is 60.7 Å². The van der Waals surface area contributed by atoms with Crippen molar-refractivity contribution in [1.82, 2.24) is 5.32 Å². The second-order valence-corrected chi connectivity index (χ2v) is 4.83. The van der Waals surface area contributed by atoms with Gasteiger partial charge < -0.3 is 5.32 Å². The Hall–Kier alpha value is -2.39. The summed E-state index contributed by atoms with van der Waals surface area (Å²) < 4.78 is 0. The summed E-state index contributed by atoms with van der Waals surface area (Å²) in [7, 11) is 0. The fraction of sp³-hybridized carbons (Fsp3) is 0.0588. The summed E-state index contributed by atoms with van der Waals surface area (Å²) in [4.78, 5) is 23.5. The number of ketones is 1. The zero-order valence-corrected chi connectivity index (χ0v) is 12.0. The Morgan fingerprint density at radius 3 is 2.33 bits per heavy atom. The molecule has 0 unspecified atom stereocenters. The lowest BCUT2D eigenvalue weighted by molar-refractivity contribution is -0.116. The third-order valence-corrected chi connectivity index (χ3v) is 3.07. The van der Waals surface area contributed by atoms with E-state index in [1.807, 2.05) is 6.07 Å². The van der Waals surface area contributed by atoms with E-state index in [9.17, 15) is 9.59 Å². The smallest absolute Gasteiger partial charge is 0.244 e. The molecule has 0 atom stereocenters. The van der Waals surface area contributed by atoms with E-state index in [2.05, 4.69) is 5.32 Å². The molecule has 2 rings (SSSR count). The third kappa shape index (κ3) is 4.89. The fourth-order valence-corrected chi connectivity index (χ4v) is 1.82. The number of nitrogens with one attached hydrogen (secondary N) is 1. The monoisotopic (exact) mass is 299 g/mol. The molecule has 0 aliphatic heterocycles. The van der Waals surface area contributed by atoms with Gasteiger partial charge in [0.15, 0.2) is 5.78 Å². The molecule has 0 saturated carbocycles. The summed E-state index contributed by atoms with van der Waals surface area (Å²) >= 11 is 5.78. The number of carbonyl (C=O) groups is 2. The molecule has 4 heteroatoms. The average Bonchev–Trinajstić information content (AvgIpc) is 2.53. The van der Waals surface area contributed by atoms with Crippen LogP contribution in [0.2, 0.25) is 5.02 Å². The number of Topliss-reactive ketones (excluding diaryl/α,β-unsaturated/α-hetero) is 1. The predicted molar refractivity (Wildman–Crippen MR) is 84.3 cm³/mol. The minimum atomic E-state index is -0.311. The van der Waals surface area contributed by atoms with Crippen LogP contribution in [0.4, 0.5) is 0 Å². The number of amides is 1. The molecule has 0 heterocycles. The molecule has 0 bridgehead atoms. The number of rotatable bonds is 5. The zero-order valence-electron chi connectivity index (χ0n) is 11.3. The van der Waals surface area contributed by atoms with Gasteiger partial charge in [-0.05, 0) is 23.8 Å². The first kappa shape index (κ1) is 15.0. The first-order chi connectivity index (χ1) is 10.1. The maximum absolute atomic E-state index is 11.8. The molecular weight excluding hydrogens is 286 g/mol. The number of hydrogen-bond donors (Lipinski definition) is 1. The van der Waals surface area contributed by atoms with E-state index in [1.165, 1.54) is 6.08 Å². The van der Waals surface area contributed by atoms with Gasteiger partial charge in [0.25, 0.3) is 0 Å². The maximum atomic E-state index is 11.8. The molecule has 0 spiro atoms. The van der Waals surface area contributed by atoms with Gasteiger partial charge in [-0.25, -0.2) is 0 Å². The summed E-state index contributed by atoms with van der Waals surface area (Å²) in [5.74, 6) is -0.432. The molecule has 2 aromatic carbocycles. The summed E-state index contributed by atoms with van der Waals surface area (Å²) in [6.07, 6.45) is 3.06. The molecule has 1 amide bonds. The quantitative estimate of drug-likeness (QED) is 0.680. The van der Waals surface area contributed by atoms with E-state index in [0.29, 0.717) is 10.6 Å². The van der Waals surface area contributed by atoms with Crippen LogP contribution in [0, 0.1) is 0 Å². The van der Waals surface area contributed by atoms with E-state index in [-0.39, 0.29) is 18.2 Å². The predicted octanol–water partition coefficient (Wildman–Crippen LogP) is 3.35. The lowest BCUT2D eigenvalue weighted by Crippen LogP contribution is -2.27. The van der Waals surface area contributed by atoms with Crippen LogP contribution in [0.1, 0.15) is 15.9 Å². The standard InChI is InChI=1S/C17H14ClNO2/c18-15-9-6-13(7-10-15)8-11-17(21)19-12-16(20)14-4-2-1-3-5-14/h1-11H,12H2,(H,19,21). The van der Waals surface area contributed by atoms with Gasteiger partial charge in [-0.15, -0.1) is 0 Å². The Morgan fingerprint density at radius 2 is 1.67 bits per heavy atom. The molecule has 2 aromatic rings. The second kappa shape index (κ2) is 7.41. The lowest BCUT2D eigenvalue weighted by Gasteiger charge is -2.01. The van der Waals surface area contributed by atoms with Crippen molar-refractivity contribution in [2.45, 2.75) is 0 Å². The maximum Gasteiger partial charge on any atom is 0.244 e. The molecule has 0 aromatic heterocycles. The van der Waals surface area contributed by atoms with Crippen LogP contribution in [-0.4, -0.2) is 18.2 Å². The van der Waals surface area contributed by atoms with Crippen molar-refractivity contribution >= 4 is 29.4 Å². The third-order valence-electron chi connectivity index (χ3n) is 2.82. The van der Waals surface area contributed by atoms with E-state index >= 15 is 0 Å². The summed E-state index contributed by atoms with van der Waals surface area (Å²) in [5, 5.41) is 3.20. The number of hydrogen-bond acceptors (Lipinski definition) is 2. The van der Waals surface area contributed by atoms with Crippen molar-refractivity contribution in [3.8, 4) is 0 Å². The van der Waals surface area contributed by atoms with E-state index in [4.69, 9.17) is 11.6 Å². The Labute approximate surface area is 128 Å². The van der Waals surface area contributed by atoms with E-state index in [1.54, 1.807) is 54.6 Å². The average molecular weight is 300 g/mol. The van der Waals surface area contributed by atoms with Gasteiger partial charge in [0.2, 0.25) is 5.91 Å². The number of halogens is 1. The zero-order chi connectivity index (χ0) is 15.1. The van der Waals surface area contributed by atoms with Gasteiger partial charge in [0, 0.05) is 16.7 Å². The number of benzene rings is 2. The molecule has 21 heavy (non-hydrogen) atoms. The molecule has 1 N–H and O–H groups in total. The second-order valence-electron chi connectivity index (χ2n) is 4.39. The van der Waals surface area contributed by atoms with Gasteiger partial charge in [0.1, 0.15) is 0 Å². The van der Waals surface area contributed by atoms with Crippen LogP contribution < -0.4 is 5.32 Å². The van der Waals surface area contributed by atoms with Crippen molar-refractivity contribution in [2.75, 3.05) is 6.54 Å². The highest BCUT2D eigenvalue weighted by Crippen LogP contribution is 2.10. The van der Waals surface area contributed by atoms with Gasteiger partial charge in [-0.3, -0.25) is 9.59 Å². The molecule has 0 aliphatic carbocycles. The molecule has 0 saturated heterocycles. The Morgan fingerprint density at radius 1 is 1.00 bits per heavy atom. The summed E-state index contributed by atoms with van der Waals surface area (Å²) in [6, 6.07) is 16.0. The first-order valence-corrected chi connectivity index (χ1v) is 6.83. The minimum absolute atomic E-state index is 0.0200. The topological polar surface area (TPSA) is 46.2 Å². The number of carbonyl (C=O) groups excluding carboxylic acids is 2. The van der Waals surface area contributed by atoms with Gasteiger partial charge in [-0.1, -0.05) is 54.1 Å². The Balaban J connectivity index is 1.85. The van der Waals surface area contributed by atoms with Crippen molar-refractivity contribution < 1.29 is 9.59 Å². The minimum Gasteiger partial charge on any atom is -0.345 e. The summed E-state index contributed by atoms with van der Waals surface area (Å²) in [5.41, 5.74) is 1.45. The highest BCUT2D eigenvalue weighted by Gasteiger charge is 2.05. The molecule has 3 nitrogen and oxygen atoms in total. The van der Waals surface area contributed by atoms with Gasteiger partial charge in [-0.2, -0.15) is 0 Å². The van der Waals surface area contributed by atoms with Crippen LogP contribution in [0.5, 0.6) is 0 Å². The van der Waals surface area contributed by atoms with Crippen molar-refractivity contribution in [1.29, 1.82) is 0 Å². The Kier molecular flexibility index (Phi) is 5.29. The van der Waals surface area contributed by atoms with Crippen molar-refractivity contribution in [3.05, 3.63) is 76.8 Å². The highest BCUT2D eigenvalue weighted by atomic mass is 35.5. The molecule has 0 radical (unpaired) electrons. The van der Waals surface area contributed by atoms with Gasteiger partial charge >= 0.3 is 0 Å². The normalized spacial score (nSPS) is 10.5.